The Kier molecular flexibility index (Phi) is 7.07. The van der Waals surface area contributed by atoms with Crippen LogP contribution in [0, 0.1) is 17.1 Å². The van der Waals surface area contributed by atoms with Crippen LogP contribution in [0.15, 0.2) is 23.2 Å². The predicted octanol–water partition coefficient (Wildman–Crippen LogP) is 1.40. The number of nitrogens with zero attached hydrogens (tertiary/aromatic N) is 2. The number of rotatable bonds is 6. The Hall–Kier alpha value is -2.13. The Morgan fingerprint density at radius 2 is 2.25 bits per heavy atom. The maximum atomic E-state index is 13.7. The summed E-state index contributed by atoms with van der Waals surface area (Å²) in [4.78, 5) is 4.03. The van der Waals surface area contributed by atoms with Gasteiger partial charge in [-0.2, -0.15) is 5.26 Å². The third kappa shape index (κ3) is 5.24. The smallest absolute Gasteiger partial charge is 0.191 e. The molecule has 1 aromatic rings. The van der Waals surface area contributed by atoms with Crippen molar-refractivity contribution in [3.8, 4) is 6.07 Å². The maximum Gasteiger partial charge on any atom is 0.191 e. The molecule has 0 fully saturated rings. The maximum absolute atomic E-state index is 13.7. The van der Waals surface area contributed by atoms with E-state index in [1.807, 2.05) is 13.0 Å². The molecule has 0 atom stereocenters. The van der Waals surface area contributed by atoms with Crippen molar-refractivity contribution in [3.63, 3.8) is 0 Å². The van der Waals surface area contributed by atoms with E-state index in [1.165, 1.54) is 6.07 Å². The van der Waals surface area contributed by atoms with E-state index < -0.39 is 5.82 Å². The third-order valence-corrected chi connectivity index (χ3v) is 2.60. The summed E-state index contributed by atoms with van der Waals surface area (Å²) in [5, 5.41) is 14.7. The number of ether oxygens (including phenoxy) is 1. The summed E-state index contributed by atoms with van der Waals surface area (Å²) in [6.45, 7) is 4.11. The van der Waals surface area contributed by atoms with E-state index in [2.05, 4.69) is 15.6 Å². The van der Waals surface area contributed by atoms with Gasteiger partial charge < -0.3 is 15.4 Å². The van der Waals surface area contributed by atoms with Gasteiger partial charge in [-0.05, 0) is 19.1 Å². The fourth-order valence-corrected chi connectivity index (χ4v) is 1.55. The normalized spacial score (nSPS) is 11.0. The molecule has 0 aliphatic heterocycles. The van der Waals surface area contributed by atoms with Gasteiger partial charge in [0, 0.05) is 32.3 Å². The first-order valence-corrected chi connectivity index (χ1v) is 6.42. The van der Waals surface area contributed by atoms with Crippen LogP contribution in [0.3, 0.4) is 0 Å². The molecule has 20 heavy (non-hydrogen) atoms. The molecule has 1 rings (SSSR count). The van der Waals surface area contributed by atoms with Crippen molar-refractivity contribution < 1.29 is 9.13 Å². The number of nitriles is 1. The zero-order chi connectivity index (χ0) is 14.8. The molecule has 0 aromatic heterocycles. The molecule has 0 saturated carbocycles. The van der Waals surface area contributed by atoms with Crippen molar-refractivity contribution in [2.45, 2.75) is 13.5 Å². The SMILES string of the molecule is CCOCCNC(=NC)NCc1ccc(C#N)cc1F. The molecule has 0 amide bonds. The van der Waals surface area contributed by atoms with Crippen LogP contribution in [0.4, 0.5) is 4.39 Å². The molecule has 0 aliphatic carbocycles. The Bertz CT molecular complexity index is 496. The van der Waals surface area contributed by atoms with Gasteiger partial charge in [-0.25, -0.2) is 4.39 Å². The number of guanidine groups is 1. The number of halogens is 1. The number of hydrogen-bond acceptors (Lipinski definition) is 3. The molecule has 0 bridgehead atoms. The average Bonchev–Trinajstić information content (AvgIpc) is 2.47. The van der Waals surface area contributed by atoms with Crippen LogP contribution in [-0.2, 0) is 11.3 Å². The standard InChI is InChI=1S/C14H19FN4O/c1-3-20-7-6-18-14(17-2)19-10-12-5-4-11(9-16)8-13(12)15/h4-5,8H,3,6-7,10H2,1-2H3,(H2,17,18,19). The molecule has 0 heterocycles. The van der Waals surface area contributed by atoms with Crippen molar-refractivity contribution in [1.82, 2.24) is 10.6 Å². The van der Waals surface area contributed by atoms with E-state index >= 15 is 0 Å². The lowest BCUT2D eigenvalue weighted by Gasteiger charge is -2.12. The highest BCUT2D eigenvalue weighted by Crippen LogP contribution is 2.09. The number of benzene rings is 1. The van der Waals surface area contributed by atoms with Gasteiger partial charge in [0.15, 0.2) is 5.96 Å². The van der Waals surface area contributed by atoms with E-state index in [9.17, 15) is 4.39 Å². The topological polar surface area (TPSA) is 69.4 Å². The van der Waals surface area contributed by atoms with Gasteiger partial charge in [-0.1, -0.05) is 6.07 Å². The van der Waals surface area contributed by atoms with Crippen LogP contribution in [0.2, 0.25) is 0 Å². The zero-order valence-electron chi connectivity index (χ0n) is 11.7. The highest BCUT2D eigenvalue weighted by atomic mass is 19.1. The Morgan fingerprint density at radius 3 is 2.85 bits per heavy atom. The summed E-state index contributed by atoms with van der Waals surface area (Å²) in [7, 11) is 1.64. The lowest BCUT2D eigenvalue weighted by Crippen LogP contribution is -2.38. The molecule has 6 heteroatoms. The third-order valence-electron chi connectivity index (χ3n) is 2.60. The molecule has 5 nitrogen and oxygen atoms in total. The number of aliphatic imine (C=N–C) groups is 1. The summed E-state index contributed by atoms with van der Waals surface area (Å²) in [5.74, 6) is 0.176. The van der Waals surface area contributed by atoms with Crippen molar-refractivity contribution >= 4 is 5.96 Å². The van der Waals surface area contributed by atoms with Crippen molar-refractivity contribution in [3.05, 3.63) is 35.1 Å². The minimum absolute atomic E-state index is 0.297. The van der Waals surface area contributed by atoms with Crippen LogP contribution in [0.25, 0.3) is 0 Å². The van der Waals surface area contributed by atoms with Gasteiger partial charge in [0.2, 0.25) is 0 Å². The quantitative estimate of drug-likeness (QED) is 0.469. The van der Waals surface area contributed by atoms with Gasteiger partial charge in [-0.3, -0.25) is 4.99 Å². The van der Waals surface area contributed by atoms with Crippen LogP contribution in [0.5, 0.6) is 0 Å². The molecule has 0 unspecified atom stereocenters. The highest BCUT2D eigenvalue weighted by molar-refractivity contribution is 5.79. The van der Waals surface area contributed by atoms with Gasteiger partial charge in [0.1, 0.15) is 5.82 Å². The van der Waals surface area contributed by atoms with E-state index in [4.69, 9.17) is 10.00 Å². The first-order chi connectivity index (χ1) is 9.71. The van der Waals surface area contributed by atoms with E-state index in [0.717, 1.165) is 0 Å². The second-order valence-corrected chi connectivity index (χ2v) is 3.97. The Morgan fingerprint density at radius 1 is 1.45 bits per heavy atom. The van der Waals surface area contributed by atoms with Crippen molar-refractivity contribution in [1.29, 1.82) is 5.26 Å². The van der Waals surface area contributed by atoms with E-state index in [-0.39, 0.29) is 0 Å². The monoisotopic (exact) mass is 278 g/mol. The average molecular weight is 278 g/mol. The fraction of sp³-hybridized carbons (Fsp3) is 0.429. The van der Waals surface area contributed by atoms with Crippen molar-refractivity contribution in [2.24, 2.45) is 4.99 Å². The van der Waals surface area contributed by atoms with Crippen LogP contribution >= 0.6 is 0 Å². The van der Waals surface area contributed by atoms with Crippen LogP contribution < -0.4 is 10.6 Å². The summed E-state index contributed by atoms with van der Waals surface area (Å²) >= 11 is 0. The second kappa shape index (κ2) is 8.88. The molecule has 0 radical (unpaired) electrons. The minimum Gasteiger partial charge on any atom is -0.380 e. The molecule has 2 N–H and O–H groups in total. The van der Waals surface area contributed by atoms with Gasteiger partial charge in [0.25, 0.3) is 0 Å². The summed E-state index contributed by atoms with van der Waals surface area (Å²) < 4.78 is 18.9. The lowest BCUT2D eigenvalue weighted by molar-refractivity contribution is 0.152. The molecule has 1 aromatic carbocycles. The van der Waals surface area contributed by atoms with Crippen LogP contribution in [-0.4, -0.2) is 32.8 Å². The Labute approximate surface area is 118 Å². The molecule has 0 aliphatic rings. The molecule has 108 valence electrons. The molecule has 0 spiro atoms. The molecular weight excluding hydrogens is 259 g/mol. The minimum atomic E-state index is -0.402. The van der Waals surface area contributed by atoms with E-state index in [0.29, 0.717) is 43.4 Å². The van der Waals surface area contributed by atoms with Crippen molar-refractivity contribution in [2.75, 3.05) is 26.8 Å². The van der Waals surface area contributed by atoms with Crippen LogP contribution in [0.1, 0.15) is 18.1 Å². The summed E-state index contributed by atoms with van der Waals surface area (Å²) in [6.07, 6.45) is 0. The highest BCUT2D eigenvalue weighted by Gasteiger charge is 2.04. The second-order valence-electron chi connectivity index (χ2n) is 3.97. The fourth-order valence-electron chi connectivity index (χ4n) is 1.55. The van der Waals surface area contributed by atoms with Gasteiger partial charge >= 0.3 is 0 Å². The number of nitrogens with one attached hydrogen (secondary N) is 2. The first kappa shape index (κ1) is 15.9. The van der Waals surface area contributed by atoms with E-state index in [1.54, 1.807) is 19.2 Å². The largest absolute Gasteiger partial charge is 0.380 e. The summed E-state index contributed by atoms with van der Waals surface area (Å²) in [5.41, 5.74) is 0.794. The molecular formula is C14H19FN4O. The van der Waals surface area contributed by atoms with Gasteiger partial charge in [0.05, 0.1) is 18.2 Å². The lowest BCUT2D eigenvalue weighted by atomic mass is 10.1. The van der Waals surface area contributed by atoms with Gasteiger partial charge in [-0.15, -0.1) is 0 Å². The number of hydrogen-bond donors (Lipinski definition) is 2. The first-order valence-electron chi connectivity index (χ1n) is 6.42. The predicted molar refractivity (Wildman–Crippen MR) is 75.8 cm³/mol. The zero-order valence-corrected chi connectivity index (χ0v) is 11.7. The Balaban J connectivity index is 2.47. The molecule has 0 saturated heterocycles. The summed E-state index contributed by atoms with van der Waals surface area (Å²) in [6, 6.07) is 6.31.